The van der Waals surface area contributed by atoms with Crippen molar-refractivity contribution in [2.24, 2.45) is 0 Å². The van der Waals surface area contributed by atoms with Crippen LogP contribution in [0.5, 0.6) is 0 Å². The van der Waals surface area contributed by atoms with E-state index >= 15 is 0 Å². The summed E-state index contributed by atoms with van der Waals surface area (Å²) in [6, 6.07) is 8.70. The number of ketones is 1. The Kier molecular flexibility index (Phi) is 2.81. The highest BCUT2D eigenvalue weighted by atomic mass is 16.2. The van der Waals surface area contributed by atoms with E-state index < -0.39 is 0 Å². The molecule has 15 heavy (non-hydrogen) atoms. The van der Waals surface area contributed by atoms with Crippen LogP contribution in [0.3, 0.4) is 0 Å². The molecule has 3 nitrogen and oxygen atoms in total. The van der Waals surface area contributed by atoms with Crippen LogP contribution in [0.15, 0.2) is 30.3 Å². The Balaban J connectivity index is 2.01. The number of nitrogens with one attached hydrogen (secondary N) is 1. The molecule has 1 amide bonds. The van der Waals surface area contributed by atoms with Gasteiger partial charge in [-0.1, -0.05) is 18.2 Å². The predicted octanol–water partition coefficient (Wildman–Crippen LogP) is 1.54. The van der Waals surface area contributed by atoms with Crippen molar-refractivity contribution in [3.63, 3.8) is 0 Å². The van der Waals surface area contributed by atoms with E-state index in [0.29, 0.717) is 12.0 Å². The minimum absolute atomic E-state index is 0.152. The van der Waals surface area contributed by atoms with Crippen LogP contribution in [-0.4, -0.2) is 17.7 Å². The molecule has 1 fully saturated rings. The van der Waals surface area contributed by atoms with E-state index in [-0.39, 0.29) is 17.7 Å². The first kappa shape index (κ1) is 9.90. The number of carbonyl (C=O) groups is 2. The van der Waals surface area contributed by atoms with Crippen LogP contribution in [0.25, 0.3) is 0 Å². The molecule has 1 aliphatic rings. The van der Waals surface area contributed by atoms with Crippen molar-refractivity contribution in [3.05, 3.63) is 35.9 Å². The molecule has 2 rings (SSSR count). The van der Waals surface area contributed by atoms with E-state index in [2.05, 4.69) is 5.32 Å². The van der Waals surface area contributed by atoms with E-state index in [4.69, 9.17) is 0 Å². The molecule has 0 aliphatic heterocycles. The van der Waals surface area contributed by atoms with Crippen molar-refractivity contribution in [3.8, 4) is 0 Å². The third-order valence-electron chi connectivity index (χ3n) is 2.65. The molecule has 1 saturated carbocycles. The van der Waals surface area contributed by atoms with Crippen molar-refractivity contribution < 1.29 is 9.59 Å². The van der Waals surface area contributed by atoms with Gasteiger partial charge in [0.1, 0.15) is 0 Å². The molecule has 78 valence electrons. The van der Waals surface area contributed by atoms with Crippen molar-refractivity contribution >= 4 is 11.7 Å². The molecule has 0 unspecified atom stereocenters. The van der Waals surface area contributed by atoms with E-state index in [1.54, 1.807) is 12.1 Å². The Hall–Kier alpha value is -1.64. The number of hydrogen-bond donors (Lipinski definition) is 1. The van der Waals surface area contributed by atoms with Gasteiger partial charge in [-0.2, -0.15) is 0 Å². The van der Waals surface area contributed by atoms with Crippen molar-refractivity contribution in [1.82, 2.24) is 5.32 Å². The molecule has 0 spiro atoms. The smallest absolute Gasteiger partial charge is 0.251 e. The Morgan fingerprint density at radius 2 is 2.00 bits per heavy atom. The van der Waals surface area contributed by atoms with Crippen LogP contribution in [0, 0.1) is 0 Å². The Morgan fingerprint density at radius 1 is 1.27 bits per heavy atom. The zero-order valence-corrected chi connectivity index (χ0v) is 8.40. The lowest BCUT2D eigenvalue weighted by Crippen LogP contribution is -2.37. The van der Waals surface area contributed by atoms with E-state index in [1.807, 2.05) is 18.2 Å². The van der Waals surface area contributed by atoms with Gasteiger partial charge >= 0.3 is 0 Å². The molecule has 0 saturated heterocycles. The first-order chi connectivity index (χ1) is 7.27. The molecule has 1 aliphatic carbocycles. The predicted molar refractivity (Wildman–Crippen MR) is 56.6 cm³/mol. The normalized spacial score (nSPS) is 20.3. The standard InChI is InChI=1S/C12H13NO2/c14-11-8-4-7-10(11)13-12(15)9-5-2-1-3-6-9/h1-3,5-6,10H,4,7-8H2,(H,13,15)/t10-/m0/s1. The number of amides is 1. The fraction of sp³-hybridized carbons (Fsp3) is 0.333. The fourth-order valence-electron chi connectivity index (χ4n) is 1.80. The fourth-order valence-corrected chi connectivity index (χ4v) is 1.80. The van der Waals surface area contributed by atoms with Crippen LogP contribution in [0.4, 0.5) is 0 Å². The minimum atomic E-state index is -0.266. The molecule has 1 N–H and O–H groups in total. The topological polar surface area (TPSA) is 46.2 Å². The average molecular weight is 203 g/mol. The van der Waals surface area contributed by atoms with E-state index in [9.17, 15) is 9.59 Å². The lowest BCUT2D eigenvalue weighted by Gasteiger charge is -2.10. The van der Waals surface area contributed by atoms with Gasteiger partial charge in [0.25, 0.3) is 5.91 Å². The third-order valence-corrected chi connectivity index (χ3v) is 2.65. The SMILES string of the molecule is O=C(N[C@H]1CCCC1=O)c1ccccc1. The molecule has 1 aromatic rings. The van der Waals surface area contributed by atoms with Gasteiger partial charge in [-0.05, 0) is 25.0 Å². The minimum Gasteiger partial charge on any atom is -0.342 e. The van der Waals surface area contributed by atoms with Gasteiger partial charge in [-0.15, -0.1) is 0 Å². The summed E-state index contributed by atoms with van der Waals surface area (Å²) in [5, 5.41) is 2.76. The van der Waals surface area contributed by atoms with Gasteiger partial charge in [-0.25, -0.2) is 0 Å². The third kappa shape index (κ3) is 2.24. The summed E-state index contributed by atoms with van der Waals surface area (Å²) in [5.41, 5.74) is 0.609. The summed E-state index contributed by atoms with van der Waals surface area (Å²) in [4.78, 5) is 23.0. The second-order valence-electron chi connectivity index (χ2n) is 3.75. The van der Waals surface area contributed by atoms with Gasteiger partial charge in [0, 0.05) is 12.0 Å². The van der Waals surface area contributed by atoms with Crippen LogP contribution < -0.4 is 5.32 Å². The first-order valence-electron chi connectivity index (χ1n) is 5.16. The highest BCUT2D eigenvalue weighted by Gasteiger charge is 2.25. The lowest BCUT2D eigenvalue weighted by atomic mass is 10.2. The molecule has 0 heterocycles. The average Bonchev–Trinajstić information content (AvgIpc) is 2.66. The van der Waals surface area contributed by atoms with Crippen LogP contribution >= 0.6 is 0 Å². The molecular formula is C12H13NO2. The molecule has 1 aromatic carbocycles. The largest absolute Gasteiger partial charge is 0.342 e. The summed E-state index contributed by atoms with van der Waals surface area (Å²) in [5.74, 6) is -0.00451. The first-order valence-corrected chi connectivity index (χ1v) is 5.16. The maximum Gasteiger partial charge on any atom is 0.251 e. The van der Waals surface area contributed by atoms with Crippen molar-refractivity contribution in [1.29, 1.82) is 0 Å². The lowest BCUT2D eigenvalue weighted by molar-refractivity contribution is -0.118. The van der Waals surface area contributed by atoms with E-state index in [1.165, 1.54) is 0 Å². The second kappa shape index (κ2) is 4.26. The highest BCUT2D eigenvalue weighted by Crippen LogP contribution is 2.14. The second-order valence-corrected chi connectivity index (χ2v) is 3.75. The highest BCUT2D eigenvalue weighted by molar-refractivity contribution is 5.98. The summed E-state index contributed by atoms with van der Waals surface area (Å²) in [7, 11) is 0. The van der Waals surface area contributed by atoms with Gasteiger partial charge in [0.15, 0.2) is 5.78 Å². The van der Waals surface area contributed by atoms with Gasteiger partial charge in [-0.3, -0.25) is 9.59 Å². The number of carbonyl (C=O) groups excluding carboxylic acids is 2. The summed E-state index contributed by atoms with van der Waals surface area (Å²) in [6.07, 6.45) is 2.26. The monoisotopic (exact) mass is 203 g/mol. The Morgan fingerprint density at radius 3 is 2.60 bits per heavy atom. The molecule has 0 aromatic heterocycles. The number of Topliss-reactive ketones (excluding diaryl/α,β-unsaturated/α-hetero) is 1. The van der Waals surface area contributed by atoms with Gasteiger partial charge in [0.2, 0.25) is 0 Å². The summed E-state index contributed by atoms with van der Waals surface area (Å²) < 4.78 is 0. The summed E-state index contributed by atoms with van der Waals surface area (Å²) in [6.45, 7) is 0. The van der Waals surface area contributed by atoms with Crippen molar-refractivity contribution in [2.75, 3.05) is 0 Å². The molecule has 1 atom stereocenters. The maximum atomic E-state index is 11.7. The molecule has 0 radical (unpaired) electrons. The number of hydrogen-bond acceptors (Lipinski definition) is 2. The number of rotatable bonds is 2. The van der Waals surface area contributed by atoms with Crippen molar-refractivity contribution in [2.45, 2.75) is 25.3 Å². The molecular weight excluding hydrogens is 190 g/mol. The molecule has 3 heteroatoms. The zero-order chi connectivity index (χ0) is 10.7. The van der Waals surface area contributed by atoms with Crippen LogP contribution in [-0.2, 0) is 4.79 Å². The van der Waals surface area contributed by atoms with Gasteiger partial charge in [0.05, 0.1) is 6.04 Å². The van der Waals surface area contributed by atoms with Crippen LogP contribution in [0.2, 0.25) is 0 Å². The maximum absolute atomic E-state index is 11.7. The number of benzene rings is 1. The van der Waals surface area contributed by atoms with Crippen LogP contribution in [0.1, 0.15) is 29.6 Å². The zero-order valence-electron chi connectivity index (χ0n) is 8.40. The van der Waals surface area contributed by atoms with Gasteiger partial charge < -0.3 is 5.32 Å². The quantitative estimate of drug-likeness (QED) is 0.792. The van der Waals surface area contributed by atoms with E-state index in [0.717, 1.165) is 12.8 Å². The Bertz CT molecular complexity index is 372. The summed E-state index contributed by atoms with van der Waals surface area (Å²) >= 11 is 0. The Labute approximate surface area is 88.5 Å². The molecule has 0 bridgehead atoms.